The molecular weight excluding hydrogens is 499 g/mol. The van der Waals surface area contributed by atoms with E-state index in [0.29, 0.717) is 29.9 Å². The summed E-state index contributed by atoms with van der Waals surface area (Å²) in [6, 6.07) is 27.7. The molecule has 0 radical (unpaired) electrons. The quantitative estimate of drug-likeness (QED) is 0.182. The van der Waals surface area contributed by atoms with Gasteiger partial charge in [-0.3, -0.25) is 4.99 Å². The third kappa shape index (κ3) is 5.50. The fourth-order valence-corrected chi connectivity index (χ4v) is 5.74. The van der Waals surface area contributed by atoms with Gasteiger partial charge >= 0.3 is 0 Å². The van der Waals surface area contributed by atoms with Crippen molar-refractivity contribution in [3.8, 4) is 11.5 Å². The highest BCUT2D eigenvalue weighted by molar-refractivity contribution is 5.83. The topological polar surface area (TPSA) is 42.8 Å². The van der Waals surface area contributed by atoms with Crippen molar-refractivity contribution in [1.29, 1.82) is 0 Å². The highest BCUT2D eigenvalue weighted by atomic mass is 19.1. The molecule has 3 atom stereocenters. The second kappa shape index (κ2) is 11.4. The monoisotopic (exact) mass is 532 g/mol. The Morgan fingerprint density at radius 3 is 2.65 bits per heavy atom. The zero-order chi connectivity index (χ0) is 27.5. The van der Waals surface area contributed by atoms with Gasteiger partial charge in [-0.2, -0.15) is 0 Å². The molecule has 1 heterocycles. The normalized spacial score (nSPS) is 19.2. The molecule has 0 saturated carbocycles. The summed E-state index contributed by atoms with van der Waals surface area (Å²) in [6.07, 6.45) is 7.63. The number of benzene rings is 4. The molecule has 6 rings (SSSR count). The summed E-state index contributed by atoms with van der Waals surface area (Å²) in [5.74, 6) is 1.95. The van der Waals surface area contributed by atoms with Crippen LogP contribution in [0.5, 0.6) is 11.5 Å². The van der Waals surface area contributed by atoms with Crippen molar-refractivity contribution in [3.63, 3.8) is 0 Å². The number of nitrogens with one attached hydrogen (secondary N) is 1. The largest absolute Gasteiger partial charge is 0.490 e. The van der Waals surface area contributed by atoms with Crippen molar-refractivity contribution < 1.29 is 13.9 Å². The molecule has 4 aromatic rings. The summed E-state index contributed by atoms with van der Waals surface area (Å²) in [5.41, 5.74) is 7.79. The van der Waals surface area contributed by atoms with E-state index in [2.05, 4.69) is 66.9 Å². The molecule has 1 N–H and O–H groups in total. The predicted octanol–water partition coefficient (Wildman–Crippen LogP) is 8.69. The maximum atomic E-state index is 13.5. The van der Waals surface area contributed by atoms with Crippen molar-refractivity contribution in [1.82, 2.24) is 0 Å². The van der Waals surface area contributed by atoms with Gasteiger partial charge in [0, 0.05) is 17.8 Å². The van der Waals surface area contributed by atoms with Gasteiger partial charge < -0.3 is 14.8 Å². The molecule has 0 spiro atoms. The smallest absolute Gasteiger partial charge is 0.161 e. The van der Waals surface area contributed by atoms with Gasteiger partial charge in [-0.05, 0) is 97.0 Å². The molecule has 0 amide bonds. The fourth-order valence-electron chi connectivity index (χ4n) is 5.74. The Hall–Kier alpha value is -4.38. The highest BCUT2D eigenvalue weighted by Crippen LogP contribution is 2.50. The van der Waals surface area contributed by atoms with Crippen LogP contribution in [0.2, 0.25) is 0 Å². The van der Waals surface area contributed by atoms with Crippen LogP contribution in [-0.2, 0) is 6.61 Å². The van der Waals surface area contributed by atoms with Crippen LogP contribution < -0.4 is 14.8 Å². The minimum atomic E-state index is -0.277. The Kier molecular flexibility index (Phi) is 7.37. The van der Waals surface area contributed by atoms with Gasteiger partial charge in [-0.1, -0.05) is 54.1 Å². The van der Waals surface area contributed by atoms with E-state index >= 15 is 0 Å². The summed E-state index contributed by atoms with van der Waals surface area (Å²) in [4.78, 5) is 4.71. The van der Waals surface area contributed by atoms with E-state index in [9.17, 15) is 4.39 Å². The molecule has 0 fully saturated rings. The standard InChI is InChI=1S/C35H33FN2O2/c1-3-39-34-20-24(11-17-33(34)40-22-25-6-4-7-27(36)19-25)21-37-28-14-12-26(13-15-28)35-30-9-5-8-29(30)31-18-23(2)10-16-32(31)38-35/h4-8,10-21,29-30,35,38H,3,9,22H2,1-2H3/t29-,30+,35+/m1/s1. The number of ether oxygens (including phenoxy) is 2. The first-order valence-electron chi connectivity index (χ1n) is 13.9. The van der Waals surface area contributed by atoms with Crippen molar-refractivity contribution >= 4 is 17.6 Å². The molecule has 0 saturated heterocycles. The van der Waals surface area contributed by atoms with E-state index in [-0.39, 0.29) is 18.5 Å². The van der Waals surface area contributed by atoms with Gasteiger partial charge in [0.25, 0.3) is 0 Å². The third-order valence-corrected chi connectivity index (χ3v) is 7.68. The molecule has 0 unspecified atom stereocenters. The second-order valence-electron chi connectivity index (χ2n) is 10.5. The minimum Gasteiger partial charge on any atom is -0.490 e. The molecule has 4 nitrogen and oxygen atoms in total. The maximum Gasteiger partial charge on any atom is 0.161 e. The van der Waals surface area contributed by atoms with Crippen molar-refractivity contribution in [2.45, 2.75) is 38.8 Å². The average molecular weight is 533 g/mol. The summed E-state index contributed by atoms with van der Waals surface area (Å²) >= 11 is 0. The molecule has 2 aliphatic rings. The Morgan fingerprint density at radius 2 is 1.82 bits per heavy atom. The predicted molar refractivity (Wildman–Crippen MR) is 160 cm³/mol. The molecule has 40 heavy (non-hydrogen) atoms. The lowest BCUT2D eigenvalue weighted by molar-refractivity contribution is 0.269. The first kappa shape index (κ1) is 25.9. The number of hydrogen-bond acceptors (Lipinski definition) is 4. The van der Waals surface area contributed by atoms with E-state index in [1.807, 2.05) is 37.4 Å². The lowest BCUT2D eigenvalue weighted by atomic mass is 9.76. The van der Waals surface area contributed by atoms with Gasteiger partial charge in [0.05, 0.1) is 18.3 Å². The number of allylic oxidation sites excluding steroid dienone is 2. The Labute approximate surface area is 235 Å². The van der Waals surface area contributed by atoms with Gasteiger partial charge in [0.2, 0.25) is 0 Å². The zero-order valence-electron chi connectivity index (χ0n) is 22.8. The summed E-state index contributed by atoms with van der Waals surface area (Å²) < 4.78 is 25.3. The van der Waals surface area contributed by atoms with Crippen LogP contribution >= 0.6 is 0 Å². The number of nitrogens with zero attached hydrogens (tertiary/aromatic N) is 1. The first-order valence-corrected chi connectivity index (χ1v) is 13.9. The van der Waals surface area contributed by atoms with Crippen molar-refractivity contribution in [3.05, 3.63) is 131 Å². The van der Waals surface area contributed by atoms with Crippen LogP contribution in [0.1, 0.15) is 53.1 Å². The number of anilines is 1. The van der Waals surface area contributed by atoms with Crippen molar-refractivity contribution in [2.24, 2.45) is 10.9 Å². The Balaban J connectivity index is 1.15. The van der Waals surface area contributed by atoms with Crippen LogP contribution in [0.3, 0.4) is 0 Å². The molecular formula is C35H33FN2O2. The minimum absolute atomic E-state index is 0.260. The first-order chi connectivity index (χ1) is 19.6. The van der Waals surface area contributed by atoms with Crippen LogP contribution in [-0.4, -0.2) is 12.8 Å². The molecule has 1 aliphatic carbocycles. The number of fused-ring (bicyclic) bond motifs is 3. The van der Waals surface area contributed by atoms with Gasteiger partial charge in [-0.25, -0.2) is 4.39 Å². The van der Waals surface area contributed by atoms with Crippen LogP contribution in [0, 0.1) is 18.7 Å². The number of rotatable bonds is 8. The van der Waals surface area contributed by atoms with E-state index in [4.69, 9.17) is 14.5 Å². The van der Waals surface area contributed by atoms with Crippen LogP contribution in [0.25, 0.3) is 0 Å². The van der Waals surface area contributed by atoms with Gasteiger partial charge in [0.15, 0.2) is 11.5 Å². The average Bonchev–Trinajstić information content (AvgIpc) is 3.46. The lowest BCUT2D eigenvalue weighted by Gasteiger charge is -2.37. The van der Waals surface area contributed by atoms with Crippen LogP contribution in [0.15, 0.2) is 102 Å². The number of hydrogen-bond donors (Lipinski definition) is 1. The second-order valence-corrected chi connectivity index (χ2v) is 10.5. The van der Waals surface area contributed by atoms with E-state index in [1.165, 1.54) is 34.5 Å². The number of aryl methyl sites for hydroxylation is 1. The SMILES string of the molecule is CCOc1cc(C=Nc2ccc([C@@H]3Nc4ccc(C)cc4[C@@H]4C=CC[C@@H]43)cc2)ccc1OCc1cccc(F)c1. The molecule has 4 aromatic carbocycles. The third-order valence-electron chi connectivity index (χ3n) is 7.68. The van der Waals surface area contributed by atoms with Gasteiger partial charge in [-0.15, -0.1) is 0 Å². The zero-order valence-corrected chi connectivity index (χ0v) is 22.8. The summed E-state index contributed by atoms with van der Waals surface area (Å²) in [5, 5.41) is 3.81. The lowest BCUT2D eigenvalue weighted by Crippen LogP contribution is -2.29. The fraction of sp³-hybridized carbons (Fsp3) is 0.229. The maximum absolute atomic E-state index is 13.5. The number of aliphatic imine (C=N–C) groups is 1. The number of halogens is 1. The van der Waals surface area contributed by atoms with E-state index < -0.39 is 0 Å². The van der Waals surface area contributed by atoms with E-state index in [1.54, 1.807) is 6.07 Å². The van der Waals surface area contributed by atoms with Crippen LogP contribution in [0.4, 0.5) is 15.8 Å². The molecule has 1 aliphatic heterocycles. The molecule has 0 aromatic heterocycles. The molecule has 202 valence electrons. The Morgan fingerprint density at radius 1 is 0.950 bits per heavy atom. The molecule has 5 heteroatoms. The molecule has 0 bridgehead atoms. The highest BCUT2D eigenvalue weighted by Gasteiger charge is 2.37. The Bertz CT molecular complexity index is 1560. The van der Waals surface area contributed by atoms with Crippen molar-refractivity contribution in [2.75, 3.05) is 11.9 Å². The van der Waals surface area contributed by atoms with E-state index in [0.717, 1.165) is 23.2 Å². The van der Waals surface area contributed by atoms with Gasteiger partial charge in [0.1, 0.15) is 12.4 Å². The summed E-state index contributed by atoms with van der Waals surface area (Å²) in [7, 11) is 0. The summed E-state index contributed by atoms with van der Waals surface area (Å²) in [6.45, 7) is 4.86.